The lowest BCUT2D eigenvalue weighted by atomic mass is 10.3. The van der Waals surface area contributed by atoms with Gasteiger partial charge in [-0.15, -0.1) is 0 Å². The second-order valence-corrected chi connectivity index (χ2v) is 6.88. The maximum atomic E-state index is 12.4. The van der Waals surface area contributed by atoms with E-state index in [2.05, 4.69) is 5.32 Å². The molecule has 6 heteroatoms. The van der Waals surface area contributed by atoms with E-state index in [1.165, 1.54) is 19.1 Å². The number of hydrogen-bond donors (Lipinski definition) is 2. The molecule has 0 spiro atoms. The summed E-state index contributed by atoms with van der Waals surface area (Å²) in [6, 6.07) is 14.6. The Morgan fingerprint density at radius 1 is 1.10 bits per heavy atom. The fourth-order valence-electron chi connectivity index (χ4n) is 1.80. The van der Waals surface area contributed by atoms with Crippen LogP contribution in [0.5, 0.6) is 0 Å². The molecule has 1 atom stereocenters. The van der Waals surface area contributed by atoms with Gasteiger partial charge in [-0.2, -0.15) is 0 Å². The summed E-state index contributed by atoms with van der Waals surface area (Å²) in [6.45, 7) is 1.36. The molecule has 0 aliphatic rings. The van der Waals surface area contributed by atoms with Crippen LogP contribution in [0.1, 0.15) is 6.92 Å². The smallest absolute Gasteiger partial charge is 0.242 e. The number of sulfone groups is 1. The van der Waals surface area contributed by atoms with Gasteiger partial charge in [0.1, 0.15) is 5.25 Å². The van der Waals surface area contributed by atoms with E-state index in [-0.39, 0.29) is 4.90 Å². The maximum absolute atomic E-state index is 12.4. The molecule has 0 aliphatic heterocycles. The molecule has 0 saturated carbocycles. The molecular formula is C15H16N2O3S. The summed E-state index contributed by atoms with van der Waals surface area (Å²) in [6.07, 6.45) is 0. The van der Waals surface area contributed by atoms with Crippen molar-refractivity contribution in [2.24, 2.45) is 0 Å². The Morgan fingerprint density at radius 3 is 2.38 bits per heavy atom. The highest BCUT2D eigenvalue weighted by molar-refractivity contribution is 7.92. The summed E-state index contributed by atoms with van der Waals surface area (Å²) in [7, 11) is -3.77. The molecule has 0 radical (unpaired) electrons. The van der Waals surface area contributed by atoms with E-state index in [0.29, 0.717) is 11.4 Å². The first-order chi connectivity index (χ1) is 9.91. The number of carbonyl (C=O) groups excluding carboxylic acids is 1. The molecule has 2 rings (SSSR count). The minimum absolute atomic E-state index is 0.0400. The van der Waals surface area contributed by atoms with Crippen LogP contribution < -0.4 is 11.1 Å². The number of amides is 1. The molecule has 0 bridgehead atoms. The minimum Gasteiger partial charge on any atom is -0.399 e. The molecule has 0 heterocycles. The number of anilines is 2. The SMILES string of the molecule is CC(C(=O)Nc1ccccc1)S(=O)(=O)c1cccc(N)c1. The van der Waals surface area contributed by atoms with Crippen molar-refractivity contribution in [2.45, 2.75) is 17.1 Å². The van der Waals surface area contributed by atoms with Gasteiger partial charge in [0, 0.05) is 11.4 Å². The standard InChI is InChI=1S/C15H16N2O3S/c1-11(15(18)17-13-7-3-2-4-8-13)21(19,20)14-9-5-6-12(16)10-14/h2-11H,16H2,1H3,(H,17,18). The first-order valence-electron chi connectivity index (χ1n) is 6.36. The summed E-state index contributed by atoms with van der Waals surface area (Å²) in [5.41, 5.74) is 6.48. The molecule has 0 aromatic heterocycles. The number of nitrogens with one attached hydrogen (secondary N) is 1. The zero-order chi connectivity index (χ0) is 15.5. The summed E-state index contributed by atoms with van der Waals surface area (Å²) >= 11 is 0. The van der Waals surface area contributed by atoms with Gasteiger partial charge in [-0.1, -0.05) is 24.3 Å². The zero-order valence-electron chi connectivity index (χ0n) is 11.5. The number of nitrogens with two attached hydrogens (primary N) is 1. The molecule has 3 N–H and O–H groups in total. The largest absolute Gasteiger partial charge is 0.399 e. The molecule has 2 aromatic rings. The second-order valence-electron chi connectivity index (χ2n) is 4.62. The van der Waals surface area contributed by atoms with Crippen LogP contribution in [0.2, 0.25) is 0 Å². The van der Waals surface area contributed by atoms with Crippen molar-refractivity contribution < 1.29 is 13.2 Å². The molecular weight excluding hydrogens is 288 g/mol. The first-order valence-corrected chi connectivity index (χ1v) is 7.91. The van der Waals surface area contributed by atoms with Crippen LogP contribution in [0.4, 0.5) is 11.4 Å². The highest BCUT2D eigenvalue weighted by Crippen LogP contribution is 2.19. The van der Waals surface area contributed by atoms with E-state index < -0.39 is 21.0 Å². The summed E-state index contributed by atoms with van der Waals surface area (Å²) < 4.78 is 24.8. The highest BCUT2D eigenvalue weighted by atomic mass is 32.2. The Bertz CT molecular complexity index is 743. The van der Waals surface area contributed by atoms with Gasteiger partial charge in [-0.05, 0) is 37.3 Å². The van der Waals surface area contributed by atoms with E-state index in [1.54, 1.807) is 36.4 Å². The van der Waals surface area contributed by atoms with Crippen molar-refractivity contribution in [3.63, 3.8) is 0 Å². The predicted molar refractivity (Wildman–Crippen MR) is 82.6 cm³/mol. The molecule has 2 aromatic carbocycles. The lowest BCUT2D eigenvalue weighted by Crippen LogP contribution is -2.32. The fourth-order valence-corrected chi connectivity index (χ4v) is 3.12. The quantitative estimate of drug-likeness (QED) is 0.846. The van der Waals surface area contributed by atoms with Gasteiger partial charge in [0.05, 0.1) is 4.90 Å². The summed E-state index contributed by atoms with van der Waals surface area (Å²) in [5.74, 6) is -0.580. The third kappa shape index (κ3) is 3.41. The van der Waals surface area contributed by atoms with Gasteiger partial charge in [-0.25, -0.2) is 8.42 Å². The van der Waals surface area contributed by atoms with Crippen LogP contribution >= 0.6 is 0 Å². The molecule has 1 unspecified atom stereocenters. The number of rotatable bonds is 4. The third-order valence-corrected chi connectivity index (χ3v) is 5.12. The fraction of sp³-hybridized carbons (Fsp3) is 0.133. The topological polar surface area (TPSA) is 89.3 Å². The summed E-state index contributed by atoms with van der Waals surface area (Å²) in [5, 5.41) is 1.37. The Balaban J connectivity index is 2.22. The van der Waals surface area contributed by atoms with Crippen LogP contribution in [-0.4, -0.2) is 19.6 Å². The van der Waals surface area contributed by atoms with Gasteiger partial charge in [-0.3, -0.25) is 4.79 Å². The highest BCUT2D eigenvalue weighted by Gasteiger charge is 2.29. The average Bonchev–Trinajstić information content (AvgIpc) is 2.47. The molecule has 0 fully saturated rings. The van der Waals surface area contributed by atoms with Gasteiger partial charge >= 0.3 is 0 Å². The Morgan fingerprint density at radius 2 is 1.76 bits per heavy atom. The first kappa shape index (κ1) is 15.1. The minimum atomic E-state index is -3.77. The second kappa shape index (κ2) is 5.97. The average molecular weight is 304 g/mol. The van der Waals surface area contributed by atoms with Crippen LogP contribution in [0, 0.1) is 0 Å². The molecule has 110 valence electrons. The molecule has 5 nitrogen and oxygen atoms in total. The maximum Gasteiger partial charge on any atom is 0.242 e. The zero-order valence-corrected chi connectivity index (χ0v) is 12.3. The number of nitrogen functional groups attached to an aromatic ring is 1. The van der Waals surface area contributed by atoms with E-state index in [0.717, 1.165) is 0 Å². The van der Waals surface area contributed by atoms with Crippen molar-refractivity contribution in [2.75, 3.05) is 11.1 Å². The molecule has 21 heavy (non-hydrogen) atoms. The van der Waals surface area contributed by atoms with Gasteiger partial charge in [0.25, 0.3) is 0 Å². The predicted octanol–water partition coefficient (Wildman–Crippen LogP) is 2.07. The summed E-state index contributed by atoms with van der Waals surface area (Å²) in [4.78, 5) is 12.1. The lowest BCUT2D eigenvalue weighted by Gasteiger charge is -2.13. The molecule has 1 amide bonds. The third-order valence-electron chi connectivity index (χ3n) is 3.06. The number of carbonyl (C=O) groups is 1. The van der Waals surface area contributed by atoms with Crippen molar-refractivity contribution in [1.29, 1.82) is 0 Å². The number of benzene rings is 2. The number of para-hydroxylation sites is 1. The van der Waals surface area contributed by atoms with E-state index >= 15 is 0 Å². The normalized spacial score (nSPS) is 12.6. The molecule has 0 saturated heterocycles. The Hall–Kier alpha value is -2.34. The lowest BCUT2D eigenvalue weighted by molar-refractivity contribution is -0.115. The van der Waals surface area contributed by atoms with Gasteiger partial charge in [0.2, 0.25) is 5.91 Å². The molecule has 0 aliphatic carbocycles. The monoisotopic (exact) mass is 304 g/mol. The van der Waals surface area contributed by atoms with E-state index in [1.807, 2.05) is 6.07 Å². The van der Waals surface area contributed by atoms with Gasteiger partial charge < -0.3 is 11.1 Å². The Kier molecular flexibility index (Phi) is 4.28. The van der Waals surface area contributed by atoms with E-state index in [4.69, 9.17) is 5.73 Å². The van der Waals surface area contributed by atoms with Gasteiger partial charge in [0.15, 0.2) is 9.84 Å². The van der Waals surface area contributed by atoms with Crippen LogP contribution in [-0.2, 0) is 14.6 Å². The van der Waals surface area contributed by atoms with E-state index in [9.17, 15) is 13.2 Å². The Labute approximate surface area is 123 Å². The van der Waals surface area contributed by atoms with Crippen molar-refractivity contribution in [3.05, 3.63) is 54.6 Å². The van der Waals surface area contributed by atoms with Crippen LogP contribution in [0.15, 0.2) is 59.5 Å². The van der Waals surface area contributed by atoms with Crippen molar-refractivity contribution >= 4 is 27.1 Å². The van der Waals surface area contributed by atoms with Crippen LogP contribution in [0.25, 0.3) is 0 Å². The number of hydrogen-bond acceptors (Lipinski definition) is 4. The van der Waals surface area contributed by atoms with Crippen molar-refractivity contribution in [1.82, 2.24) is 0 Å². The van der Waals surface area contributed by atoms with Crippen LogP contribution in [0.3, 0.4) is 0 Å². The van der Waals surface area contributed by atoms with Crippen molar-refractivity contribution in [3.8, 4) is 0 Å².